The Kier molecular flexibility index (Phi) is 6.07. The molecule has 0 radical (unpaired) electrons. The zero-order chi connectivity index (χ0) is 27.4. The van der Waals surface area contributed by atoms with Gasteiger partial charge < -0.3 is 0 Å². The number of benzene rings is 2. The maximum absolute atomic E-state index is 4.99. The Morgan fingerprint density at radius 3 is 2.17 bits per heavy atom. The van der Waals surface area contributed by atoms with Crippen LogP contribution in [-0.2, 0) is 5.41 Å². The van der Waals surface area contributed by atoms with Gasteiger partial charge in [-0.2, -0.15) is 0 Å². The van der Waals surface area contributed by atoms with Gasteiger partial charge in [0.25, 0.3) is 0 Å². The first kappa shape index (κ1) is 25.3. The molecule has 2 aromatic carbocycles. The fourth-order valence-electron chi connectivity index (χ4n) is 8.83. The highest BCUT2D eigenvalue weighted by Gasteiger charge is 2.59. The van der Waals surface area contributed by atoms with Crippen molar-refractivity contribution in [1.29, 1.82) is 0 Å². The van der Waals surface area contributed by atoms with Crippen molar-refractivity contribution in [2.24, 2.45) is 17.3 Å². The highest BCUT2D eigenvalue weighted by molar-refractivity contribution is 9.10. The van der Waals surface area contributed by atoms with Crippen LogP contribution in [0.3, 0.4) is 0 Å². The van der Waals surface area contributed by atoms with Gasteiger partial charge in [-0.15, -0.1) is 0 Å². The lowest BCUT2D eigenvalue weighted by Crippen LogP contribution is -2.54. The number of hydrogen-bond acceptors (Lipinski definition) is 4. The van der Waals surface area contributed by atoms with Crippen LogP contribution in [0.5, 0.6) is 0 Å². The van der Waals surface area contributed by atoms with Crippen molar-refractivity contribution in [3.8, 4) is 22.9 Å². The van der Waals surface area contributed by atoms with Crippen molar-refractivity contribution < 1.29 is 0 Å². The van der Waals surface area contributed by atoms with Crippen molar-refractivity contribution in [2.75, 3.05) is 0 Å². The Morgan fingerprint density at radius 2 is 1.46 bits per heavy atom. The largest absolute Gasteiger partial charge is 0.253 e. The minimum absolute atomic E-state index is 0.126. The first-order chi connectivity index (χ1) is 20.1. The Labute approximate surface area is 250 Å². The lowest BCUT2D eigenvalue weighted by Gasteiger charge is -2.63. The summed E-state index contributed by atoms with van der Waals surface area (Å²) in [7, 11) is 0. The fourth-order valence-corrected chi connectivity index (χ4v) is 9.09. The zero-order valence-electron chi connectivity index (χ0n) is 23.1. The third kappa shape index (κ3) is 4.50. The summed E-state index contributed by atoms with van der Waals surface area (Å²) in [5.41, 5.74) is 5.51. The van der Waals surface area contributed by atoms with Gasteiger partial charge in [0.2, 0.25) is 0 Å². The van der Waals surface area contributed by atoms with E-state index in [4.69, 9.17) is 15.0 Å². The predicted molar refractivity (Wildman–Crippen MR) is 166 cm³/mol. The zero-order valence-corrected chi connectivity index (χ0v) is 24.7. The first-order valence-corrected chi connectivity index (χ1v) is 15.7. The van der Waals surface area contributed by atoms with E-state index >= 15 is 0 Å². The van der Waals surface area contributed by atoms with E-state index in [1.165, 1.54) is 43.0 Å². The number of pyridine rings is 1. The van der Waals surface area contributed by atoms with Gasteiger partial charge in [0, 0.05) is 22.2 Å². The maximum Gasteiger partial charge on any atom is 0.182 e. The summed E-state index contributed by atoms with van der Waals surface area (Å²) < 4.78 is 1.17. The van der Waals surface area contributed by atoms with Crippen molar-refractivity contribution in [3.05, 3.63) is 119 Å². The topological polar surface area (TPSA) is 51.6 Å². The molecule has 0 saturated heterocycles. The van der Waals surface area contributed by atoms with Gasteiger partial charge in [-0.05, 0) is 103 Å². The maximum atomic E-state index is 4.99. The van der Waals surface area contributed by atoms with Crippen LogP contribution in [0.2, 0.25) is 0 Å². The summed E-state index contributed by atoms with van der Waals surface area (Å²) in [6, 6.07) is 25.3. The van der Waals surface area contributed by atoms with Crippen LogP contribution in [0.15, 0.2) is 107 Å². The minimum Gasteiger partial charge on any atom is -0.253 e. The van der Waals surface area contributed by atoms with Crippen LogP contribution in [-0.4, -0.2) is 19.9 Å². The molecule has 4 nitrogen and oxygen atoms in total. The average Bonchev–Trinajstić information content (AvgIpc) is 3.01. The van der Waals surface area contributed by atoms with E-state index in [2.05, 4.69) is 75.5 Å². The molecule has 0 N–H and O–H groups in total. The molecule has 4 aromatic rings. The summed E-state index contributed by atoms with van der Waals surface area (Å²) in [5.74, 6) is 3.96. The molecule has 3 atom stereocenters. The van der Waals surface area contributed by atoms with Crippen LogP contribution in [0.4, 0.5) is 0 Å². The molecular weight excluding hydrogens is 568 g/mol. The van der Waals surface area contributed by atoms with Gasteiger partial charge in [-0.3, -0.25) is 4.98 Å². The molecule has 5 aliphatic carbocycles. The number of rotatable bonds is 5. The molecule has 2 heterocycles. The first-order valence-electron chi connectivity index (χ1n) is 15.0. The summed E-state index contributed by atoms with van der Waals surface area (Å²) in [5, 5.41) is 0. The van der Waals surface area contributed by atoms with Crippen molar-refractivity contribution >= 4 is 15.9 Å². The van der Waals surface area contributed by atoms with E-state index in [1.54, 1.807) is 17.3 Å². The monoisotopic (exact) mass is 600 g/mol. The smallest absolute Gasteiger partial charge is 0.182 e. The molecule has 204 valence electrons. The van der Waals surface area contributed by atoms with Crippen molar-refractivity contribution in [3.63, 3.8) is 0 Å². The summed E-state index contributed by atoms with van der Waals surface area (Å²) in [6.45, 7) is 0. The molecule has 41 heavy (non-hydrogen) atoms. The molecule has 3 unspecified atom stereocenters. The summed E-state index contributed by atoms with van der Waals surface area (Å²) in [4.78, 5) is 19.3. The second-order valence-corrected chi connectivity index (χ2v) is 13.7. The van der Waals surface area contributed by atoms with E-state index in [1.807, 2.05) is 36.4 Å². The van der Waals surface area contributed by atoms with Crippen molar-refractivity contribution in [1.82, 2.24) is 19.9 Å². The molecule has 5 aliphatic rings. The Hall–Kier alpha value is -3.44. The molecular formula is C36H33BrN4. The van der Waals surface area contributed by atoms with Gasteiger partial charge in [-0.25, -0.2) is 15.0 Å². The lowest BCUT2D eigenvalue weighted by atomic mass is 9.41. The van der Waals surface area contributed by atoms with Gasteiger partial charge in [0.15, 0.2) is 11.6 Å². The lowest BCUT2D eigenvalue weighted by molar-refractivity contribution is -0.0501. The SMILES string of the molecule is Brc1ccc(C23CC4CC(CC(C5=CCC(c6nc(-c7ccccc7)nc(-c7ccccn7)n6)C=C5)(C4)C2)C3)cc1. The van der Waals surface area contributed by atoms with E-state index in [-0.39, 0.29) is 5.92 Å². The number of halogens is 1. The summed E-state index contributed by atoms with van der Waals surface area (Å²) in [6.07, 6.45) is 18.1. The van der Waals surface area contributed by atoms with Crippen molar-refractivity contribution in [2.45, 2.75) is 56.3 Å². The number of hydrogen-bond donors (Lipinski definition) is 0. The third-order valence-corrected chi connectivity index (χ3v) is 10.7. The van der Waals surface area contributed by atoms with Gasteiger partial charge in [-0.1, -0.05) is 82.7 Å². The molecule has 4 saturated carbocycles. The highest BCUT2D eigenvalue weighted by Crippen LogP contribution is 2.68. The molecule has 4 fully saturated rings. The van der Waals surface area contributed by atoms with E-state index in [0.29, 0.717) is 22.5 Å². The van der Waals surface area contributed by atoms with Crippen LogP contribution >= 0.6 is 15.9 Å². The Morgan fingerprint density at radius 1 is 0.732 bits per heavy atom. The third-order valence-electron chi connectivity index (χ3n) is 10.1. The number of aromatic nitrogens is 4. The second-order valence-electron chi connectivity index (χ2n) is 12.8. The highest BCUT2D eigenvalue weighted by atomic mass is 79.9. The second kappa shape index (κ2) is 9.84. The Bertz CT molecular complexity index is 1570. The molecule has 5 heteroatoms. The molecule has 0 spiro atoms. The van der Waals surface area contributed by atoms with Gasteiger partial charge in [0.05, 0.1) is 0 Å². The fraction of sp³-hybridized carbons (Fsp3) is 0.333. The normalized spacial score (nSPS) is 29.9. The molecule has 4 bridgehead atoms. The number of nitrogens with zero attached hydrogens (tertiary/aromatic N) is 4. The molecule has 2 aromatic heterocycles. The molecule has 0 amide bonds. The van der Waals surface area contributed by atoms with E-state index in [0.717, 1.165) is 35.3 Å². The number of allylic oxidation sites excluding steroid dienone is 4. The van der Waals surface area contributed by atoms with Gasteiger partial charge >= 0.3 is 0 Å². The van der Waals surface area contributed by atoms with Gasteiger partial charge in [0.1, 0.15) is 11.5 Å². The standard InChI is InChI=1S/C36H33BrN4/c37-30-15-13-29(14-16-30)36-21-24-18-25(22-36)20-35(19-24,23-36)28-11-9-27(10-12-28)33-39-32(26-6-2-1-3-7-26)40-34(41-33)31-8-4-5-17-38-31/h1-9,11-17,24-25,27H,10,18-23H2. The van der Waals surface area contributed by atoms with E-state index < -0.39 is 0 Å². The molecule has 9 rings (SSSR count). The predicted octanol–water partition coefficient (Wildman–Crippen LogP) is 8.87. The minimum atomic E-state index is 0.126. The quantitative estimate of drug-likeness (QED) is 0.229. The van der Waals surface area contributed by atoms with Crippen LogP contribution < -0.4 is 0 Å². The summed E-state index contributed by atoms with van der Waals surface area (Å²) >= 11 is 3.65. The van der Waals surface area contributed by atoms with Crippen LogP contribution in [0, 0.1) is 17.3 Å². The van der Waals surface area contributed by atoms with Crippen LogP contribution in [0.25, 0.3) is 22.9 Å². The average molecular weight is 602 g/mol. The molecule has 0 aliphatic heterocycles. The Balaban J connectivity index is 1.11. The van der Waals surface area contributed by atoms with E-state index in [9.17, 15) is 0 Å². The van der Waals surface area contributed by atoms with Crippen LogP contribution in [0.1, 0.15) is 62.3 Å².